The smallest absolute Gasteiger partial charge is 0.393 e. The zero-order valence-electron chi connectivity index (χ0n) is 16.6. The van der Waals surface area contributed by atoms with Crippen LogP contribution in [0.1, 0.15) is 17.8 Å². The predicted molar refractivity (Wildman–Crippen MR) is 109 cm³/mol. The zero-order valence-corrected chi connectivity index (χ0v) is 17.4. The van der Waals surface area contributed by atoms with Gasteiger partial charge >= 0.3 is 6.18 Å². The van der Waals surface area contributed by atoms with Gasteiger partial charge in [-0.15, -0.1) is 0 Å². The molecule has 0 unspecified atom stereocenters. The number of sulfonamides is 1. The van der Waals surface area contributed by atoms with Crippen molar-refractivity contribution in [3.63, 3.8) is 0 Å². The summed E-state index contributed by atoms with van der Waals surface area (Å²) in [7, 11) is -2.36. The highest BCUT2D eigenvalue weighted by Gasteiger charge is 2.27. The average Bonchev–Trinajstić information content (AvgIpc) is 3.31. The molecule has 0 saturated carbocycles. The van der Waals surface area contributed by atoms with Crippen molar-refractivity contribution in [3.8, 4) is 22.8 Å². The number of nitrogens with zero attached hydrogens (tertiary/aromatic N) is 2. The van der Waals surface area contributed by atoms with Crippen LogP contribution in [0, 0.1) is 0 Å². The SMILES string of the molecule is CNS(=O)(=O)c1ccc(Oc2ccc(CC(F)(F)F)cc2)c(-c2cn3c(n2)CCC3)c1. The second-order valence-electron chi connectivity index (χ2n) is 7.24. The van der Waals surface area contributed by atoms with Gasteiger partial charge in [-0.05, 0) is 49.4 Å². The van der Waals surface area contributed by atoms with Crippen LogP contribution >= 0.6 is 0 Å². The van der Waals surface area contributed by atoms with E-state index in [1.165, 1.54) is 49.5 Å². The third kappa shape index (κ3) is 4.75. The van der Waals surface area contributed by atoms with Crippen LogP contribution in [0.2, 0.25) is 0 Å². The molecular weight excluding hydrogens is 431 g/mol. The first-order valence-corrected chi connectivity index (χ1v) is 11.1. The summed E-state index contributed by atoms with van der Waals surface area (Å²) < 4.78 is 72.5. The molecule has 10 heteroatoms. The van der Waals surface area contributed by atoms with E-state index >= 15 is 0 Å². The van der Waals surface area contributed by atoms with Gasteiger partial charge in [0.15, 0.2) is 0 Å². The van der Waals surface area contributed by atoms with E-state index in [-0.39, 0.29) is 10.5 Å². The predicted octanol–water partition coefficient (Wildman–Crippen LogP) is 4.30. The minimum Gasteiger partial charge on any atom is -0.457 e. The standard InChI is InChI=1S/C21H20F3N3O3S/c1-25-31(28,29)16-8-9-19(17(11-16)18-13-27-10-2-3-20(27)26-18)30-15-6-4-14(5-7-15)12-21(22,23)24/h4-9,11,13,25H,2-3,10,12H2,1H3. The lowest BCUT2D eigenvalue weighted by atomic mass is 10.1. The van der Waals surface area contributed by atoms with Crippen LogP contribution in [0.3, 0.4) is 0 Å². The number of alkyl halides is 3. The van der Waals surface area contributed by atoms with Crippen molar-refractivity contribution in [2.45, 2.75) is 36.9 Å². The van der Waals surface area contributed by atoms with Gasteiger partial charge in [-0.3, -0.25) is 0 Å². The summed E-state index contributed by atoms with van der Waals surface area (Å²) in [5.74, 6) is 1.61. The van der Waals surface area contributed by atoms with Gasteiger partial charge in [-0.2, -0.15) is 13.2 Å². The third-order valence-corrected chi connectivity index (χ3v) is 6.43. The number of aromatic nitrogens is 2. The molecule has 3 aromatic rings. The van der Waals surface area contributed by atoms with Crippen molar-refractivity contribution < 1.29 is 26.3 Å². The molecule has 31 heavy (non-hydrogen) atoms. The molecule has 2 heterocycles. The number of imidazole rings is 1. The van der Waals surface area contributed by atoms with E-state index in [1.807, 2.05) is 10.8 Å². The zero-order chi connectivity index (χ0) is 22.2. The summed E-state index contributed by atoms with van der Waals surface area (Å²) in [5.41, 5.74) is 1.19. The molecule has 0 bridgehead atoms. The van der Waals surface area contributed by atoms with Crippen molar-refractivity contribution in [1.82, 2.24) is 14.3 Å². The molecule has 0 radical (unpaired) electrons. The topological polar surface area (TPSA) is 73.2 Å². The van der Waals surface area contributed by atoms with Gasteiger partial charge in [0, 0.05) is 24.7 Å². The molecule has 1 aliphatic rings. The molecule has 4 rings (SSSR count). The molecule has 0 aliphatic carbocycles. The van der Waals surface area contributed by atoms with Crippen LogP contribution < -0.4 is 9.46 Å². The highest BCUT2D eigenvalue weighted by molar-refractivity contribution is 7.89. The second-order valence-corrected chi connectivity index (χ2v) is 9.13. The van der Waals surface area contributed by atoms with E-state index in [4.69, 9.17) is 4.74 Å². The Balaban J connectivity index is 1.69. The van der Waals surface area contributed by atoms with E-state index in [2.05, 4.69) is 9.71 Å². The largest absolute Gasteiger partial charge is 0.457 e. The first kappa shape index (κ1) is 21.4. The Hall–Kier alpha value is -2.85. The summed E-state index contributed by atoms with van der Waals surface area (Å²) in [6.45, 7) is 0.841. The lowest BCUT2D eigenvalue weighted by Crippen LogP contribution is -2.18. The lowest BCUT2D eigenvalue weighted by Gasteiger charge is -2.13. The fraction of sp³-hybridized carbons (Fsp3) is 0.286. The van der Waals surface area contributed by atoms with Gasteiger partial charge < -0.3 is 9.30 Å². The van der Waals surface area contributed by atoms with Crippen LogP contribution in [0.25, 0.3) is 11.3 Å². The monoisotopic (exact) mass is 451 g/mol. The van der Waals surface area contributed by atoms with Crippen molar-refractivity contribution in [3.05, 3.63) is 60.0 Å². The van der Waals surface area contributed by atoms with E-state index < -0.39 is 22.6 Å². The van der Waals surface area contributed by atoms with E-state index in [0.717, 1.165) is 25.2 Å². The maximum atomic E-state index is 12.6. The van der Waals surface area contributed by atoms with Crippen LogP contribution in [0.5, 0.6) is 11.5 Å². The Morgan fingerprint density at radius 2 is 1.90 bits per heavy atom. The highest BCUT2D eigenvalue weighted by atomic mass is 32.2. The molecule has 0 spiro atoms. The molecule has 1 N–H and O–H groups in total. The third-order valence-electron chi connectivity index (χ3n) is 5.02. The van der Waals surface area contributed by atoms with E-state index in [9.17, 15) is 21.6 Å². The van der Waals surface area contributed by atoms with Gasteiger partial charge in [0.05, 0.1) is 17.0 Å². The molecule has 164 valence electrons. The molecular formula is C21H20F3N3O3S. The first-order chi connectivity index (χ1) is 14.6. The number of hydrogen-bond acceptors (Lipinski definition) is 4. The minimum absolute atomic E-state index is 0.0611. The Labute approximate surface area is 177 Å². The molecule has 1 aliphatic heterocycles. The number of rotatable bonds is 6. The van der Waals surface area contributed by atoms with Crippen molar-refractivity contribution in [2.75, 3.05) is 7.05 Å². The molecule has 6 nitrogen and oxygen atoms in total. The number of halogens is 3. The van der Waals surface area contributed by atoms with Gasteiger partial charge in [0.25, 0.3) is 0 Å². The van der Waals surface area contributed by atoms with Crippen LogP contribution in [-0.2, 0) is 29.4 Å². The molecule has 0 saturated heterocycles. The lowest BCUT2D eigenvalue weighted by molar-refractivity contribution is -0.127. The second kappa shape index (κ2) is 8.01. The van der Waals surface area contributed by atoms with Crippen molar-refractivity contribution >= 4 is 10.0 Å². The normalized spacial score (nSPS) is 13.9. The maximum absolute atomic E-state index is 12.6. The summed E-state index contributed by atoms with van der Waals surface area (Å²) in [6, 6.07) is 10.0. The number of aryl methyl sites for hydroxylation is 2. The molecule has 2 aromatic carbocycles. The molecule has 0 amide bonds. The van der Waals surface area contributed by atoms with Crippen LogP contribution in [0.4, 0.5) is 13.2 Å². The molecule has 0 fully saturated rings. The van der Waals surface area contributed by atoms with Crippen molar-refractivity contribution in [2.24, 2.45) is 0 Å². The van der Waals surface area contributed by atoms with Crippen molar-refractivity contribution in [1.29, 1.82) is 0 Å². The Morgan fingerprint density at radius 3 is 2.55 bits per heavy atom. The number of nitrogens with one attached hydrogen (secondary N) is 1. The Bertz CT molecular complexity index is 1180. The van der Waals surface area contributed by atoms with Gasteiger partial charge in [0.1, 0.15) is 17.3 Å². The quantitative estimate of drug-likeness (QED) is 0.607. The highest BCUT2D eigenvalue weighted by Crippen LogP contribution is 2.36. The number of ether oxygens (including phenoxy) is 1. The number of benzene rings is 2. The number of hydrogen-bond donors (Lipinski definition) is 1. The summed E-state index contributed by atoms with van der Waals surface area (Å²) >= 11 is 0. The average molecular weight is 451 g/mol. The Morgan fingerprint density at radius 1 is 1.16 bits per heavy atom. The fourth-order valence-electron chi connectivity index (χ4n) is 3.50. The summed E-state index contributed by atoms with van der Waals surface area (Å²) in [4.78, 5) is 4.67. The van der Waals surface area contributed by atoms with Gasteiger partial charge in [-0.25, -0.2) is 18.1 Å². The van der Waals surface area contributed by atoms with Crippen LogP contribution in [-0.4, -0.2) is 31.2 Å². The van der Waals surface area contributed by atoms with Gasteiger partial charge in [-0.1, -0.05) is 12.1 Å². The van der Waals surface area contributed by atoms with Gasteiger partial charge in [0.2, 0.25) is 10.0 Å². The van der Waals surface area contributed by atoms with E-state index in [0.29, 0.717) is 22.8 Å². The minimum atomic E-state index is -4.29. The van der Waals surface area contributed by atoms with E-state index in [1.54, 1.807) is 0 Å². The summed E-state index contributed by atoms with van der Waals surface area (Å²) in [6.07, 6.45) is -1.61. The van der Waals surface area contributed by atoms with Crippen LogP contribution in [0.15, 0.2) is 53.6 Å². The first-order valence-electron chi connectivity index (χ1n) is 9.62. The Kier molecular flexibility index (Phi) is 5.52. The fourth-order valence-corrected chi connectivity index (χ4v) is 4.26. The summed E-state index contributed by atoms with van der Waals surface area (Å²) in [5, 5.41) is 0. The maximum Gasteiger partial charge on any atom is 0.393 e. The molecule has 0 atom stereocenters. The molecule has 1 aromatic heterocycles. The number of fused-ring (bicyclic) bond motifs is 1.